The molecule has 0 fully saturated rings. The second-order valence-corrected chi connectivity index (χ2v) is 7.60. The number of rotatable bonds is 2. The van der Waals surface area contributed by atoms with Gasteiger partial charge >= 0.3 is 10.3 Å². The maximum absolute atomic E-state index is 8.49. The van der Waals surface area contributed by atoms with Crippen LogP contribution in [0.25, 0.3) is 10.4 Å². The molecular weight excluding hydrogens is 351 g/mol. The lowest BCUT2D eigenvalue weighted by Gasteiger charge is -2.17. The van der Waals surface area contributed by atoms with Gasteiger partial charge in [-0.25, -0.2) is 18.6 Å². The molecule has 1 aromatic heterocycles. The van der Waals surface area contributed by atoms with Crippen molar-refractivity contribution in [1.29, 1.82) is 0 Å². The summed E-state index contributed by atoms with van der Waals surface area (Å²) in [5.74, 6) is 0. The van der Waals surface area contributed by atoms with E-state index >= 15 is 0 Å². The van der Waals surface area contributed by atoms with Crippen molar-refractivity contribution in [1.82, 2.24) is 0 Å². The Bertz CT molecular complexity index is 504. The van der Waals surface area contributed by atoms with E-state index in [-0.39, 0.29) is 0 Å². The van der Waals surface area contributed by atoms with Crippen LogP contribution in [0.4, 0.5) is 0 Å². The maximum atomic E-state index is 8.49. The third-order valence-electron chi connectivity index (χ3n) is 1.79. The second-order valence-electron chi connectivity index (χ2n) is 3.08. The van der Waals surface area contributed by atoms with E-state index in [4.69, 9.17) is 30.2 Å². The fraction of sp³-hybridized carbons (Fsp3) is 0.100. The summed E-state index contributed by atoms with van der Waals surface area (Å²) in [6, 6.07) is 10.2. The Morgan fingerprint density at radius 3 is 2.11 bits per heavy atom. The molecule has 0 aliphatic carbocycles. The summed E-state index contributed by atoms with van der Waals surface area (Å²) in [7, 11) is -1.31. The number of hydrogen-bond donors (Lipinski definition) is 0. The molecule has 0 unspecified atom stereocenters. The predicted octanol–water partition coefficient (Wildman–Crippen LogP) is 0.377. The predicted molar refractivity (Wildman–Crippen MR) is 68.8 cm³/mol. The first kappa shape index (κ1) is 17.1. The minimum Gasteiger partial charge on any atom is -0.222 e. The zero-order valence-electron chi connectivity index (χ0n) is 9.50. The van der Waals surface area contributed by atoms with Crippen LogP contribution in [0.2, 0.25) is 5.02 Å². The Morgan fingerprint density at radius 1 is 1.16 bits per heavy atom. The first-order valence-electron chi connectivity index (χ1n) is 4.64. The molecular formula is C10H8Cl2O4S3. The molecule has 9 heteroatoms. The van der Waals surface area contributed by atoms with E-state index in [0.717, 1.165) is 5.02 Å². The third kappa shape index (κ3) is 7.40. The lowest BCUT2D eigenvalue weighted by Crippen LogP contribution is -2.68. The lowest BCUT2D eigenvalue weighted by molar-refractivity contribution is -2.00. The highest BCUT2D eigenvalue weighted by molar-refractivity contribution is 8.02. The Hall–Kier alpha value is 0.0400. The number of benzene rings is 1. The number of thioether (sulfide) groups is 1. The first-order chi connectivity index (χ1) is 8.79. The van der Waals surface area contributed by atoms with E-state index in [1.165, 1.54) is 14.6 Å². The molecule has 104 valence electrons. The fourth-order valence-corrected chi connectivity index (χ4v) is 4.61. The summed E-state index contributed by atoms with van der Waals surface area (Å²) in [4.78, 5) is 1.32. The molecule has 0 spiro atoms. The summed E-state index contributed by atoms with van der Waals surface area (Å²) >= 11 is 7.62. The van der Waals surface area contributed by atoms with Gasteiger partial charge in [-0.05, 0) is 24.0 Å². The molecule has 0 saturated heterocycles. The van der Waals surface area contributed by atoms with E-state index in [1.54, 1.807) is 11.8 Å². The van der Waals surface area contributed by atoms with Crippen LogP contribution in [0, 0.1) is 10.2 Å². The van der Waals surface area contributed by atoms with E-state index in [0.29, 0.717) is 0 Å². The van der Waals surface area contributed by atoms with E-state index in [9.17, 15) is 0 Å². The molecule has 1 heterocycles. The molecule has 0 saturated carbocycles. The van der Waals surface area contributed by atoms with Crippen molar-refractivity contribution in [2.24, 2.45) is 0 Å². The van der Waals surface area contributed by atoms with Gasteiger partial charge in [0, 0.05) is 11.1 Å². The number of hydrogen-bond acceptors (Lipinski definition) is 6. The molecule has 0 bridgehead atoms. The van der Waals surface area contributed by atoms with E-state index < -0.39 is 10.2 Å². The highest BCUT2D eigenvalue weighted by Gasteiger charge is 2.13. The normalized spacial score (nSPS) is 10.8. The summed E-state index contributed by atoms with van der Waals surface area (Å²) in [6.07, 6.45) is 2.10. The zero-order valence-corrected chi connectivity index (χ0v) is 13.5. The Morgan fingerprint density at radius 2 is 1.68 bits per heavy atom. The summed E-state index contributed by atoms with van der Waals surface area (Å²) in [6.45, 7) is 0. The lowest BCUT2D eigenvalue weighted by atomic mass is 10.2. The van der Waals surface area contributed by atoms with Crippen molar-refractivity contribution in [2.75, 3.05) is 6.26 Å². The van der Waals surface area contributed by atoms with Gasteiger partial charge in [0.1, 0.15) is 0 Å². The van der Waals surface area contributed by atoms with Gasteiger partial charge in [-0.15, -0.1) is 10.2 Å². The van der Waals surface area contributed by atoms with Crippen LogP contribution in [0.3, 0.4) is 0 Å². The quantitative estimate of drug-likeness (QED) is 0.439. The highest BCUT2D eigenvalue weighted by atomic mass is 35.7. The molecule has 19 heavy (non-hydrogen) atoms. The summed E-state index contributed by atoms with van der Waals surface area (Å²) < 4.78 is 35.3. The topological polar surface area (TPSA) is 92.2 Å². The van der Waals surface area contributed by atoms with E-state index in [1.807, 2.05) is 32.8 Å². The molecule has 0 aliphatic rings. The minimum absolute atomic E-state index is 0.791. The molecule has 0 aliphatic heterocycles. The minimum atomic E-state index is -4.94. The summed E-state index contributed by atoms with van der Waals surface area (Å²) in [5.41, 5.74) is 1.25. The molecule has 0 atom stereocenters. The van der Waals surface area contributed by atoms with Crippen molar-refractivity contribution < 1.29 is 28.9 Å². The van der Waals surface area contributed by atoms with Gasteiger partial charge in [0.2, 0.25) is 0 Å². The largest absolute Gasteiger partial charge is 0.308 e. The van der Waals surface area contributed by atoms with Crippen molar-refractivity contribution in [2.45, 2.75) is 4.21 Å². The van der Waals surface area contributed by atoms with Crippen LogP contribution in [0.1, 0.15) is 0 Å². The molecule has 0 N–H and O–H groups in total. The van der Waals surface area contributed by atoms with Gasteiger partial charge in [0.25, 0.3) is 4.21 Å². The summed E-state index contributed by atoms with van der Waals surface area (Å²) in [5, 5.41) is 0.791. The van der Waals surface area contributed by atoms with Crippen LogP contribution in [-0.2, 0) is 0 Å². The highest BCUT2D eigenvalue weighted by Crippen LogP contribution is 2.36. The molecule has 4 nitrogen and oxygen atoms in total. The zero-order chi connectivity index (χ0) is 14.5. The van der Waals surface area contributed by atoms with Crippen LogP contribution in [0.15, 0.2) is 34.5 Å². The average molecular weight is 359 g/mol. The van der Waals surface area contributed by atoms with Crippen molar-refractivity contribution in [3.63, 3.8) is 0 Å². The Balaban J connectivity index is 0.000000312. The average Bonchev–Trinajstić information content (AvgIpc) is 2.76. The van der Waals surface area contributed by atoms with Gasteiger partial charge in [0.05, 0.1) is 4.88 Å². The van der Waals surface area contributed by atoms with Crippen LogP contribution < -0.4 is 18.6 Å². The van der Waals surface area contributed by atoms with Gasteiger partial charge in [-0.2, -0.15) is 0 Å². The maximum Gasteiger partial charge on any atom is 0.308 e. The van der Waals surface area contributed by atoms with Crippen LogP contribution in [-0.4, -0.2) is 6.26 Å². The SMILES string of the molecule is CSc1cc(-c2ccc(Cl)cc2)s[s+]1.[O-][Cl+3]([O-])([O-])[O-]. The monoisotopic (exact) mass is 358 g/mol. The molecule has 2 aromatic rings. The standard InChI is InChI=1S/C10H8ClS3.ClHO4/c1-12-10-6-9(13-14-10)7-2-4-8(11)5-3-7;2-1(3,4)5/h2-6H,1H3;(H,2,3,4,5)/q+1;/p-1. The smallest absolute Gasteiger partial charge is 0.222 e. The third-order valence-corrected chi connectivity index (χ3v) is 5.86. The Labute approximate surface area is 129 Å². The van der Waals surface area contributed by atoms with Gasteiger partial charge in [-0.3, -0.25) is 0 Å². The Kier molecular flexibility index (Phi) is 6.95. The van der Waals surface area contributed by atoms with Gasteiger partial charge in [0.15, 0.2) is 10.3 Å². The van der Waals surface area contributed by atoms with Crippen LogP contribution in [0.5, 0.6) is 0 Å². The van der Waals surface area contributed by atoms with Gasteiger partial charge < -0.3 is 0 Å². The van der Waals surface area contributed by atoms with E-state index in [2.05, 4.69) is 24.5 Å². The van der Waals surface area contributed by atoms with Crippen molar-refractivity contribution in [3.05, 3.63) is 35.4 Å². The molecule has 0 radical (unpaired) electrons. The van der Waals surface area contributed by atoms with Gasteiger partial charge in [-0.1, -0.05) is 35.5 Å². The first-order valence-corrected chi connectivity index (χ1v) is 9.63. The van der Waals surface area contributed by atoms with Crippen molar-refractivity contribution >= 4 is 44.0 Å². The fourth-order valence-electron chi connectivity index (χ4n) is 1.08. The molecule has 2 rings (SSSR count). The van der Waals surface area contributed by atoms with Crippen LogP contribution >= 0.6 is 44.0 Å². The number of halogens is 2. The molecule has 1 aromatic carbocycles. The molecule has 0 amide bonds. The second kappa shape index (κ2) is 7.72. The van der Waals surface area contributed by atoms with Crippen molar-refractivity contribution in [3.8, 4) is 10.4 Å².